The van der Waals surface area contributed by atoms with Gasteiger partial charge in [-0.3, -0.25) is 14.6 Å². The number of pyridine rings is 1. The molecule has 1 aromatic heterocycles. The number of rotatable bonds is 8. The first-order valence-corrected chi connectivity index (χ1v) is 12.3. The lowest BCUT2D eigenvalue weighted by Crippen LogP contribution is -2.52. The normalized spacial score (nSPS) is 15.4. The van der Waals surface area contributed by atoms with E-state index in [1.165, 1.54) is 17.3 Å². The molecule has 0 saturated carbocycles. The number of aryl methyl sites for hydroxylation is 1. The molecular formula is C28H29N5O5. The highest BCUT2D eigenvalue weighted by molar-refractivity contribution is 6.04. The van der Waals surface area contributed by atoms with Crippen LogP contribution in [0.15, 0.2) is 73.1 Å². The second-order valence-corrected chi connectivity index (χ2v) is 9.09. The van der Waals surface area contributed by atoms with Crippen molar-refractivity contribution in [3.8, 4) is 0 Å². The molecule has 2 atom stereocenters. The molecule has 0 radical (unpaired) electrons. The molecular weight excluding hydrogens is 486 g/mol. The summed E-state index contributed by atoms with van der Waals surface area (Å²) in [5.41, 5.74) is 3.24. The third-order valence-electron chi connectivity index (χ3n) is 6.41. The van der Waals surface area contributed by atoms with E-state index in [0.29, 0.717) is 41.9 Å². The minimum Gasteiger partial charge on any atom is -0.480 e. The smallest absolute Gasteiger partial charge is 0.326 e. The summed E-state index contributed by atoms with van der Waals surface area (Å²) in [6.07, 6.45) is 4.19. The third-order valence-corrected chi connectivity index (χ3v) is 6.41. The Balaban J connectivity index is 1.36. The van der Waals surface area contributed by atoms with Crippen LogP contribution in [0.2, 0.25) is 0 Å². The van der Waals surface area contributed by atoms with Gasteiger partial charge in [0.15, 0.2) is 0 Å². The van der Waals surface area contributed by atoms with Gasteiger partial charge in [0.2, 0.25) is 5.91 Å². The Kier molecular flexibility index (Phi) is 8.32. The van der Waals surface area contributed by atoms with E-state index in [-0.39, 0.29) is 12.3 Å². The van der Waals surface area contributed by atoms with Gasteiger partial charge in [-0.25, -0.2) is 9.59 Å². The van der Waals surface area contributed by atoms with Crippen molar-refractivity contribution in [3.63, 3.8) is 0 Å². The number of para-hydroxylation sites is 1. The van der Waals surface area contributed by atoms with Crippen molar-refractivity contribution < 1.29 is 24.3 Å². The van der Waals surface area contributed by atoms with Crippen LogP contribution in [0.25, 0.3) is 0 Å². The maximum Gasteiger partial charge on any atom is 0.326 e. The molecule has 3 aromatic rings. The first kappa shape index (κ1) is 26.3. The van der Waals surface area contributed by atoms with Gasteiger partial charge in [0.1, 0.15) is 12.1 Å². The first-order chi connectivity index (χ1) is 18.3. The molecule has 0 unspecified atom stereocenters. The van der Waals surface area contributed by atoms with Crippen LogP contribution in [0, 0.1) is 6.92 Å². The minimum absolute atomic E-state index is 0.0434. The highest BCUT2D eigenvalue weighted by Gasteiger charge is 2.36. The van der Waals surface area contributed by atoms with E-state index in [0.717, 1.165) is 5.56 Å². The maximum absolute atomic E-state index is 13.0. The molecule has 0 aliphatic carbocycles. The molecule has 1 aliphatic rings. The van der Waals surface area contributed by atoms with Crippen LogP contribution in [-0.2, 0) is 16.0 Å². The first-order valence-electron chi connectivity index (χ1n) is 12.3. The van der Waals surface area contributed by atoms with Crippen molar-refractivity contribution in [2.24, 2.45) is 0 Å². The predicted octanol–water partition coefficient (Wildman–Crippen LogP) is 3.45. The van der Waals surface area contributed by atoms with Crippen LogP contribution in [0.1, 0.15) is 34.3 Å². The summed E-state index contributed by atoms with van der Waals surface area (Å²) in [5, 5.41) is 18.0. The lowest BCUT2D eigenvalue weighted by atomic mass is 10.0. The van der Waals surface area contributed by atoms with Gasteiger partial charge in [-0.15, -0.1) is 0 Å². The number of hydrogen-bond acceptors (Lipinski definition) is 5. The van der Waals surface area contributed by atoms with Crippen molar-refractivity contribution in [1.29, 1.82) is 0 Å². The summed E-state index contributed by atoms with van der Waals surface area (Å²) in [7, 11) is 0. The number of nitrogens with zero attached hydrogens (tertiary/aromatic N) is 2. The molecule has 1 fully saturated rings. The summed E-state index contributed by atoms with van der Waals surface area (Å²) in [6.45, 7) is 2.28. The number of benzene rings is 2. The van der Waals surface area contributed by atoms with E-state index in [2.05, 4.69) is 20.9 Å². The number of carbonyl (C=O) groups is 4. The van der Waals surface area contributed by atoms with Crippen LogP contribution < -0.4 is 16.0 Å². The van der Waals surface area contributed by atoms with E-state index < -0.39 is 30.0 Å². The Hall–Kier alpha value is -4.73. The van der Waals surface area contributed by atoms with Crippen LogP contribution in [0.4, 0.5) is 16.2 Å². The fourth-order valence-electron chi connectivity index (χ4n) is 4.32. The van der Waals surface area contributed by atoms with Crippen LogP contribution in [-0.4, -0.2) is 57.4 Å². The second-order valence-electron chi connectivity index (χ2n) is 9.09. The monoisotopic (exact) mass is 515 g/mol. The number of anilines is 2. The lowest BCUT2D eigenvalue weighted by molar-refractivity contribution is -0.142. The van der Waals surface area contributed by atoms with Crippen molar-refractivity contribution >= 4 is 35.2 Å². The van der Waals surface area contributed by atoms with E-state index in [4.69, 9.17) is 0 Å². The molecule has 0 spiro atoms. The largest absolute Gasteiger partial charge is 0.480 e. The van der Waals surface area contributed by atoms with Gasteiger partial charge in [-0.2, -0.15) is 0 Å². The number of likely N-dealkylation sites (tertiary alicyclic amines) is 1. The number of urea groups is 1. The van der Waals surface area contributed by atoms with Crippen molar-refractivity contribution in [1.82, 2.24) is 15.2 Å². The Morgan fingerprint density at radius 1 is 1.00 bits per heavy atom. The average Bonchev–Trinajstić information content (AvgIpc) is 3.41. The molecule has 4 N–H and O–H groups in total. The third kappa shape index (κ3) is 6.52. The predicted molar refractivity (Wildman–Crippen MR) is 142 cm³/mol. The van der Waals surface area contributed by atoms with Gasteiger partial charge in [-0.1, -0.05) is 30.3 Å². The van der Waals surface area contributed by atoms with Gasteiger partial charge in [0, 0.05) is 42.3 Å². The summed E-state index contributed by atoms with van der Waals surface area (Å²) >= 11 is 0. The second kappa shape index (κ2) is 12.0. The molecule has 4 rings (SSSR count). The highest BCUT2D eigenvalue weighted by atomic mass is 16.4. The number of hydrogen-bond donors (Lipinski definition) is 4. The Morgan fingerprint density at radius 3 is 2.39 bits per heavy atom. The number of amides is 4. The molecule has 10 heteroatoms. The summed E-state index contributed by atoms with van der Waals surface area (Å²) < 4.78 is 0. The van der Waals surface area contributed by atoms with E-state index in [1.54, 1.807) is 42.5 Å². The molecule has 1 aliphatic heterocycles. The Bertz CT molecular complexity index is 1310. The van der Waals surface area contributed by atoms with Gasteiger partial charge < -0.3 is 26.0 Å². The van der Waals surface area contributed by atoms with E-state index in [9.17, 15) is 24.3 Å². The fraction of sp³-hybridized carbons (Fsp3) is 0.250. The number of aliphatic carboxylic acids is 1. The number of nitrogens with one attached hydrogen (secondary N) is 3. The fourth-order valence-corrected chi connectivity index (χ4v) is 4.32. The van der Waals surface area contributed by atoms with Crippen molar-refractivity contribution in [2.45, 2.75) is 38.3 Å². The quantitative estimate of drug-likeness (QED) is 0.362. The van der Waals surface area contributed by atoms with Crippen molar-refractivity contribution in [2.75, 3.05) is 17.2 Å². The van der Waals surface area contributed by atoms with Crippen LogP contribution in [0.3, 0.4) is 0 Å². The zero-order valence-electron chi connectivity index (χ0n) is 20.9. The van der Waals surface area contributed by atoms with E-state index >= 15 is 0 Å². The number of carboxylic acids is 1. The SMILES string of the molecule is Cc1ccccc1NC(=O)N1CCC[C@H]1C(=O)N[C@@H](Cc1ccc(NC(=O)c2ccncc2)cc1)C(=O)O. The highest BCUT2D eigenvalue weighted by Crippen LogP contribution is 2.21. The standard InChI is InChI=1S/C28H29N5O5/c1-18-5-2-3-6-22(18)32-28(38)33-16-4-7-24(33)26(35)31-23(27(36)37)17-19-8-10-21(11-9-19)30-25(34)20-12-14-29-15-13-20/h2-3,5-6,8-15,23-24H,4,7,16-17H2,1H3,(H,30,34)(H,31,35)(H,32,38)(H,36,37)/t23-,24-/m0/s1. The summed E-state index contributed by atoms with van der Waals surface area (Å²) in [5.74, 6) is -1.97. The summed E-state index contributed by atoms with van der Waals surface area (Å²) in [6, 6.07) is 14.9. The molecule has 10 nitrogen and oxygen atoms in total. The zero-order valence-corrected chi connectivity index (χ0v) is 20.9. The minimum atomic E-state index is -1.18. The molecule has 2 heterocycles. The molecule has 0 bridgehead atoms. The lowest BCUT2D eigenvalue weighted by Gasteiger charge is -2.26. The van der Waals surface area contributed by atoms with Crippen LogP contribution >= 0.6 is 0 Å². The van der Waals surface area contributed by atoms with Crippen LogP contribution in [0.5, 0.6) is 0 Å². The Labute approximate surface area is 220 Å². The molecule has 4 amide bonds. The number of aromatic nitrogens is 1. The van der Waals surface area contributed by atoms with Gasteiger partial charge in [0.25, 0.3) is 5.91 Å². The number of carbonyl (C=O) groups excluding carboxylic acids is 3. The van der Waals surface area contributed by atoms with Gasteiger partial charge in [0.05, 0.1) is 0 Å². The maximum atomic E-state index is 13.0. The zero-order chi connectivity index (χ0) is 27.1. The molecule has 38 heavy (non-hydrogen) atoms. The summed E-state index contributed by atoms with van der Waals surface area (Å²) in [4.78, 5) is 55.5. The van der Waals surface area contributed by atoms with Gasteiger partial charge in [-0.05, 0) is 61.2 Å². The Morgan fingerprint density at radius 2 is 1.71 bits per heavy atom. The topological polar surface area (TPSA) is 141 Å². The van der Waals surface area contributed by atoms with Crippen molar-refractivity contribution in [3.05, 3.63) is 89.7 Å². The molecule has 1 saturated heterocycles. The molecule has 2 aromatic carbocycles. The molecule has 196 valence electrons. The average molecular weight is 516 g/mol. The van der Waals surface area contributed by atoms with Gasteiger partial charge >= 0.3 is 12.0 Å². The van der Waals surface area contributed by atoms with E-state index in [1.807, 2.05) is 25.1 Å². The number of carboxylic acid groups (broad SMARTS) is 1.